The second-order valence-corrected chi connectivity index (χ2v) is 4.38. The van der Waals surface area contributed by atoms with Crippen molar-refractivity contribution in [3.63, 3.8) is 0 Å². The third kappa shape index (κ3) is 4.24. The first kappa shape index (κ1) is 13.1. The third-order valence-corrected chi connectivity index (χ3v) is 2.56. The van der Waals surface area contributed by atoms with E-state index in [1.807, 2.05) is 33.5 Å². The van der Waals surface area contributed by atoms with Crippen LogP contribution in [-0.2, 0) is 0 Å². The van der Waals surface area contributed by atoms with Crippen molar-refractivity contribution in [3.8, 4) is 0 Å². The molecule has 1 aromatic rings. The first-order valence-corrected chi connectivity index (χ1v) is 6.37. The molecular formula is C10H19N5S. The van der Waals surface area contributed by atoms with Gasteiger partial charge in [0.25, 0.3) is 0 Å². The van der Waals surface area contributed by atoms with Crippen LogP contribution in [0.1, 0.15) is 0 Å². The zero-order valence-corrected chi connectivity index (χ0v) is 11.1. The molecule has 1 rings (SSSR count). The molecule has 5 nitrogen and oxygen atoms in total. The molecule has 0 spiro atoms. The van der Waals surface area contributed by atoms with Crippen molar-refractivity contribution in [3.05, 3.63) is 6.07 Å². The van der Waals surface area contributed by atoms with Gasteiger partial charge in [-0.25, -0.2) is 9.97 Å². The molecule has 0 saturated heterocycles. The molecule has 16 heavy (non-hydrogen) atoms. The van der Waals surface area contributed by atoms with E-state index in [9.17, 15) is 0 Å². The lowest BCUT2D eigenvalue weighted by molar-refractivity contribution is 0.425. The van der Waals surface area contributed by atoms with Gasteiger partial charge in [-0.1, -0.05) is 11.8 Å². The lowest BCUT2D eigenvalue weighted by atomic mass is 10.5. The Morgan fingerprint density at radius 1 is 1.31 bits per heavy atom. The van der Waals surface area contributed by atoms with Crippen molar-refractivity contribution < 1.29 is 0 Å². The van der Waals surface area contributed by atoms with Crippen molar-refractivity contribution in [1.82, 2.24) is 14.9 Å². The number of aromatic nitrogens is 2. The summed E-state index contributed by atoms with van der Waals surface area (Å²) in [5.41, 5.74) is 0. The van der Waals surface area contributed by atoms with Gasteiger partial charge in [0.15, 0.2) is 5.16 Å². The van der Waals surface area contributed by atoms with Crippen LogP contribution in [-0.4, -0.2) is 55.4 Å². The predicted molar refractivity (Wildman–Crippen MR) is 70.4 cm³/mol. The molecule has 6 heteroatoms. The van der Waals surface area contributed by atoms with E-state index in [0.29, 0.717) is 0 Å². The Balaban J connectivity index is 2.64. The van der Waals surface area contributed by atoms with E-state index in [4.69, 9.17) is 0 Å². The van der Waals surface area contributed by atoms with E-state index < -0.39 is 0 Å². The van der Waals surface area contributed by atoms with Crippen LogP contribution in [0.25, 0.3) is 0 Å². The minimum Gasteiger partial charge on any atom is -0.373 e. The number of nitrogens with zero attached hydrogens (tertiary/aromatic N) is 3. The van der Waals surface area contributed by atoms with Gasteiger partial charge in [0.05, 0.1) is 0 Å². The summed E-state index contributed by atoms with van der Waals surface area (Å²) in [5.74, 6) is 1.71. The molecule has 1 aromatic heterocycles. The summed E-state index contributed by atoms with van der Waals surface area (Å²) in [6.45, 7) is 1.86. The second-order valence-electron chi connectivity index (χ2n) is 3.61. The number of hydrogen-bond donors (Lipinski definition) is 2. The third-order valence-electron chi connectivity index (χ3n) is 2.01. The van der Waals surface area contributed by atoms with Crippen LogP contribution in [0.4, 0.5) is 11.6 Å². The van der Waals surface area contributed by atoms with Crippen LogP contribution >= 0.6 is 11.8 Å². The summed E-state index contributed by atoms with van der Waals surface area (Å²) < 4.78 is 0. The largest absolute Gasteiger partial charge is 0.373 e. The molecule has 0 aliphatic rings. The van der Waals surface area contributed by atoms with Gasteiger partial charge in [-0.2, -0.15) is 0 Å². The topological polar surface area (TPSA) is 53.1 Å². The highest BCUT2D eigenvalue weighted by atomic mass is 32.2. The summed E-state index contributed by atoms with van der Waals surface area (Å²) in [6, 6.07) is 1.91. The standard InChI is InChI=1S/C10H19N5S/c1-11-8-7-9(12-5-6-15(2)3)14-10(13-8)16-4/h7H,5-6H2,1-4H3,(H2,11,12,13,14). The highest BCUT2D eigenvalue weighted by Gasteiger charge is 2.02. The molecule has 0 saturated carbocycles. The average Bonchev–Trinajstić information content (AvgIpc) is 2.28. The van der Waals surface area contributed by atoms with E-state index in [0.717, 1.165) is 29.9 Å². The molecule has 0 bridgehead atoms. The highest BCUT2D eigenvalue weighted by molar-refractivity contribution is 7.98. The van der Waals surface area contributed by atoms with Crippen LogP contribution < -0.4 is 10.6 Å². The molecule has 0 aliphatic heterocycles. The SMILES string of the molecule is CNc1cc(NCCN(C)C)nc(SC)n1. The number of anilines is 2. The van der Waals surface area contributed by atoms with Crippen LogP contribution in [0.2, 0.25) is 0 Å². The van der Waals surface area contributed by atoms with Gasteiger partial charge in [-0.05, 0) is 20.4 Å². The Bertz CT molecular complexity index is 307. The Morgan fingerprint density at radius 3 is 2.56 bits per heavy atom. The van der Waals surface area contributed by atoms with Crippen molar-refractivity contribution in [1.29, 1.82) is 0 Å². The van der Waals surface area contributed by atoms with Gasteiger partial charge in [0, 0.05) is 26.2 Å². The van der Waals surface area contributed by atoms with E-state index in [-0.39, 0.29) is 0 Å². The number of nitrogens with one attached hydrogen (secondary N) is 2. The molecule has 0 aliphatic carbocycles. The zero-order valence-electron chi connectivity index (χ0n) is 10.2. The van der Waals surface area contributed by atoms with E-state index >= 15 is 0 Å². The Morgan fingerprint density at radius 2 is 2.00 bits per heavy atom. The quantitative estimate of drug-likeness (QED) is 0.577. The smallest absolute Gasteiger partial charge is 0.191 e. The fourth-order valence-corrected chi connectivity index (χ4v) is 1.52. The molecule has 1 heterocycles. The molecule has 0 unspecified atom stereocenters. The first-order chi connectivity index (χ1) is 7.65. The predicted octanol–water partition coefficient (Wildman–Crippen LogP) is 1.21. The highest BCUT2D eigenvalue weighted by Crippen LogP contribution is 2.16. The molecule has 2 N–H and O–H groups in total. The maximum Gasteiger partial charge on any atom is 0.191 e. The minimum absolute atomic E-state index is 0.777. The van der Waals surface area contributed by atoms with E-state index in [1.54, 1.807) is 0 Å². The Hall–Kier alpha value is -1.01. The van der Waals surface area contributed by atoms with Crippen LogP contribution in [0.5, 0.6) is 0 Å². The van der Waals surface area contributed by atoms with Crippen molar-refractivity contribution >= 4 is 23.4 Å². The van der Waals surface area contributed by atoms with Gasteiger partial charge < -0.3 is 15.5 Å². The van der Waals surface area contributed by atoms with Gasteiger partial charge >= 0.3 is 0 Å². The summed E-state index contributed by atoms with van der Waals surface area (Å²) >= 11 is 1.54. The zero-order chi connectivity index (χ0) is 12.0. The summed E-state index contributed by atoms with van der Waals surface area (Å²) in [6.07, 6.45) is 1.97. The minimum atomic E-state index is 0.777. The normalized spacial score (nSPS) is 10.6. The van der Waals surface area contributed by atoms with Gasteiger partial charge in [0.1, 0.15) is 11.6 Å². The molecule has 90 valence electrons. The number of hydrogen-bond acceptors (Lipinski definition) is 6. The number of likely N-dealkylation sites (N-methyl/N-ethyl adjacent to an activating group) is 1. The summed E-state index contributed by atoms with van der Waals surface area (Å²) in [5, 5.41) is 7.08. The second kappa shape index (κ2) is 6.55. The van der Waals surface area contributed by atoms with Gasteiger partial charge in [-0.15, -0.1) is 0 Å². The number of thioether (sulfide) groups is 1. The van der Waals surface area contributed by atoms with Crippen LogP contribution in [0.15, 0.2) is 11.2 Å². The lowest BCUT2D eigenvalue weighted by Crippen LogP contribution is -2.21. The average molecular weight is 241 g/mol. The molecular weight excluding hydrogens is 222 g/mol. The van der Waals surface area contributed by atoms with Crippen LogP contribution in [0, 0.1) is 0 Å². The van der Waals surface area contributed by atoms with Crippen molar-refractivity contribution in [2.45, 2.75) is 5.16 Å². The lowest BCUT2D eigenvalue weighted by Gasteiger charge is -2.12. The number of rotatable bonds is 6. The van der Waals surface area contributed by atoms with Gasteiger partial charge in [-0.3, -0.25) is 0 Å². The Labute approximate surface area is 101 Å². The Kier molecular flexibility index (Phi) is 5.34. The molecule has 0 radical (unpaired) electrons. The maximum absolute atomic E-state index is 4.38. The van der Waals surface area contributed by atoms with E-state index in [2.05, 4.69) is 25.5 Å². The first-order valence-electron chi connectivity index (χ1n) is 5.15. The molecule has 0 amide bonds. The fraction of sp³-hybridized carbons (Fsp3) is 0.600. The van der Waals surface area contributed by atoms with Crippen LogP contribution in [0.3, 0.4) is 0 Å². The monoisotopic (exact) mass is 241 g/mol. The van der Waals surface area contributed by atoms with E-state index in [1.165, 1.54) is 11.8 Å². The summed E-state index contributed by atoms with van der Waals surface area (Å²) in [7, 11) is 5.96. The van der Waals surface area contributed by atoms with Gasteiger partial charge in [0.2, 0.25) is 0 Å². The van der Waals surface area contributed by atoms with Crippen molar-refractivity contribution in [2.24, 2.45) is 0 Å². The molecule has 0 atom stereocenters. The fourth-order valence-electron chi connectivity index (χ4n) is 1.14. The maximum atomic E-state index is 4.38. The molecule has 0 fully saturated rings. The molecule has 0 aromatic carbocycles. The summed E-state index contributed by atoms with van der Waals surface area (Å²) in [4.78, 5) is 10.8. The van der Waals surface area contributed by atoms with Crippen molar-refractivity contribution in [2.75, 3.05) is 51.1 Å².